The highest BCUT2D eigenvalue weighted by Crippen LogP contribution is 2.56. The molecule has 2 rings (SSSR count). The van der Waals surface area contributed by atoms with Crippen LogP contribution in [0.15, 0.2) is 12.2 Å². The first-order chi connectivity index (χ1) is 7.53. The van der Waals surface area contributed by atoms with E-state index in [4.69, 9.17) is 4.74 Å². The number of allylic oxidation sites excluding steroid dienone is 1. The van der Waals surface area contributed by atoms with Gasteiger partial charge in [0.05, 0.1) is 18.6 Å². The fraction of sp³-hybridized carbons (Fsp3) is 0.769. The lowest BCUT2D eigenvalue weighted by Crippen LogP contribution is -2.50. The first kappa shape index (κ1) is 11.6. The van der Waals surface area contributed by atoms with E-state index in [2.05, 4.69) is 0 Å². The normalized spacial score (nSPS) is 42.6. The van der Waals surface area contributed by atoms with Gasteiger partial charge < -0.3 is 9.84 Å². The molecule has 0 aromatic rings. The molecule has 3 heteroatoms. The van der Waals surface area contributed by atoms with Crippen molar-refractivity contribution in [1.82, 2.24) is 0 Å². The molecular weight excluding hydrogens is 204 g/mol. The van der Waals surface area contributed by atoms with E-state index in [1.54, 1.807) is 0 Å². The topological polar surface area (TPSA) is 46.5 Å². The maximum Gasteiger partial charge on any atom is 0.313 e. The second kappa shape index (κ2) is 3.88. The van der Waals surface area contributed by atoms with Gasteiger partial charge in [-0.3, -0.25) is 4.79 Å². The van der Waals surface area contributed by atoms with Crippen LogP contribution < -0.4 is 0 Å². The van der Waals surface area contributed by atoms with Gasteiger partial charge in [0.2, 0.25) is 0 Å². The van der Waals surface area contributed by atoms with Crippen molar-refractivity contribution in [2.45, 2.75) is 44.6 Å². The van der Waals surface area contributed by atoms with E-state index in [1.807, 2.05) is 19.1 Å². The predicted molar refractivity (Wildman–Crippen MR) is 60.8 cm³/mol. The molecule has 0 saturated heterocycles. The van der Waals surface area contributed by atoms with Crippen molar-refractivity contribution in [2.24, 2.45) is 11.3 Å². The Hall–Kier alpha value is -0.830. The van der Waals surface area contributed by atoms with E-state index in [9.17, 15) is 9.90 Å². The SMILES string of the molecule is COC(=O)[C@H]1C=CCC[C@@]12CCC[C@]2(C)O. The van der Waals surface area contributed by atoms with Gasteiger partial charge in [-0.25, -0.2) is 0 Å². The van der Waals surface area contributed by atoms with Gasteiger partial charge in [-0.15, -0.1) is 0 Å². The zero-order valence-corrected chi connectivity index (χ0v) is 10.0. The minimum absolute atomic E-state index is 0.210. The van der Waals surface area contributed by atoms with Crippen LogP contribution in [0.1, 0.15) is 39.0 Å². The van der Waals surface area contributed by atoms with Crippen LogP contribution in [-0.4, -0.2) is 23.8 Å². The number of hydrogen-bond donors (Lipinski definition) is 1. The van der Waals surface area contributed by atoms with Crippen LogP contribution in [0.4, 0.5) is 0 Å². The summed E-state index contributed by atoms with van der Waals surface area (Å²) in [6.45, 7) is 1.87. The summed E-state index contributed by atoms with van der Waals surface area (Å²) >= 11 is 0. The molecule has 3 atom stereocenters. The van der Waals surface area contributed by atoms with E-state index >= 15 is 0 Å². The highest BCUT2D eigenvalue weighted by Gasteiger charge is 2.57. The van der Waals surface area contributed by atoms with E-state index in [-0.39, 0.29) is 17.3 Å². The fourth-order valence-electron chi connectivity index (χ4n) is 3.50. The van der Waals surface area contributed by atoms with Gasteiger partial charge in [0.25, 0.3) is 0 Å². The molecule has 1 spiro atoms. The third-order valence-electron chi connectivity index (χ3n) is 4.50. The lowest BCUT2D eigenvalue weighted by Gasteiger charge is -2.45. The Morgan fingerprint density at radius 2 is 2.19 bits per heavy atom. The van der Waals surface area contributed by atoms with Crippen LogP contribution in [0.5, 0.6) is 0 Å². The largest absolute Gasteiger partial charge is 0.469 e. The van der Waals surface area contributed by atoms with E-state index in [0.29, 0.717) is 0 Å². The van der Waals surface area contributed by atoms with Crippen LogP contribution in [-0.2, 0) is 9.53 Å². The molecule has 0 amide bonds. The summed E-state index contributed by atoms with van der Waals surface area (Å²) in [5.74, 6) is -0.484. The number of ether oxygens (including phenoxy) is 1. The highest BCUT2D eigenvalue weighted by molar-refractivity contribution is 5.76. The quantitative estimate of drug-likeness (QED) is 0.547. The summed E-state index contributed by atoms with van der Waals surface area (Å²) in [4.78, 5) is 11.8. The molecule has 0 unspecified atom stereocenters. The first-order valence-electron chi connectivity index (χ1n) is 6.00. The molecule has 0 aromatic carbocycles. The summed E-state index contributed by atoms with van der Waals surface area (Å²) in [6.07, 6.45) is 8.49. The number of methoxy groups -OCH3 is 1. The van der Waals surface area contributed by atoms with Gasteiger partial charge in [0.15, 0.2) is 0 Å². The first-order valence-corrected chi connectivity index (χ1v) is 6.00. The lowest BCUT2D eigenvalue weighted by molar-refractivity contribution is -0.157. The highest BCUT2D eigenvalue weighted by atomic mass is 16.5. The molecule has 0 bridgehead atoms. The molecular formula is C13H20O3. The van der Waals surface area contributed by atoms with Crippen LogP contribution in [0.3, 0.4) is 0 Å². The number of carbonyl (C=O) groups is 1. The van der Waals surface area contributed by atoms with Crippen molar-refractivity contribution in [3.8, 4) is 0 Å². The van der Waals surface area contributed by atoms with Gasteiger partial charge in [-0.2, -0.15) is 0 Å². The summed E-state index contributed by atoms with van der Waals surface area (Å²) in [5, 5.41) is 10.5. The van der Waals surface area contributed by atoms with Crippen molar-refractivity contribution in [3.63, 3.8) is 0 Å². The molecule has 2 aliphatic carbocycles. The van der Waals surface area contributed by atoms with Gasteiger partial charge in [0.1, 0.15) is 0 Å². The van der Waals surface area contributed by atoms with Gasteiger partial charge in [0, 0.05) is 5.41 Å². The van der Waals surface area contributed by atoms with E-state index in [0.717, 1.165) is 32.1 Å². The van der Waals surface area contributed by atoms with Crippen molar-refractivity contribution in [3.05, 3.63) is 12.2 Å². The zero-order chi connectivity index (χ0) is 11.8. The van der Waals surface area contributed by atoms with Gasteiger partial charge >= 0.3 is 5.97 Å². The van der Waals surface area contributed by atoms with Crippen LogP contribution in [0.2, 0.25) is 0 Å². The molecule has 0 radical (unpaired) electrons. The molecule has 90 valence electrons. The zero-order valence-electron chi connectivity index (χ0n) is 10.0. The Morgan fingerprint density at radius 1 is 1.44 bits per heavy atom. The third kappa shape index (κ3) is 1.49. The van der Waals surface area contributed by atoms with Crippen LogP contribution in [0, 0.1) is 11.3 Å². The number of esters is 1. The van der Waals surface area contributed by atoms with Gasteiger partial charge in [-0.05, 0) is 39.0 Å². The second-order valence-electron chi connectivity index (χ2n) is 5.25. The predicted octanol–water partition coefficient (Wildman–Crippen LogP) is 2.05. The molecule has 0 aromatic heterocycles. The minimum Gasteiger partial charge on any atom is -0.469 e. The Bertz CT molecular complexity index is 319. The lowest BCUT2D eigenvalue weighted by atomic mass is 9.61. The summed E-state index contributed by atoms with van der Waals surface area (Å²) in [6, 6.07) is 0. The van der Waals surface area contributed by atoms with E-state index in [1.165, 1.54) is 7.11 Å². The molecule has 2 aliphatic rings. The monoisotopic (exact) mass is 224 g/mol. The van der Waals surface area contributed by atoms with Crippen molar-refractivity contribution in [2.75, 3.05) is 7.11 Å². The van der Waals surface area contributed by atoms with Crippen LogP contribution >= 0.6 is 0 Å². The second-order valence-corrected chi connectivity index (χ2v) is 5.25. The summed E-state index contributed by atoms with van der Waals surface area (Å²) in [5.41, 5.74) is -1.04. The summed E-state index contributed by atoms with van der Waals surface area (Å²) in [7, 11) is 1.42. The van der Waals surface area contributed by atoms with Crippen LogP contribution in [0.25, 0.3) is 0 Å². The Morgan fingerprint density at radius 3 is 2.75 bits per heavy atom. The standard InChI is InChI=1S/C13H20O3/c1-12(15)7-5-9-13(12)8-4-3-6-10(13)11(14)16-2/h3,6,10,15H,4-5,7-9H2,1-2H3/t10-,12+,13-/m1/s1. The van der Waals surface area contributed by atoms with E-state index < -0.39 is 5.60 Å². The Balaban J connectivity index is 2.37. The smallest absolute Gasteiger partial charge is 0.313 e. The number of hydrogen-bond acceptors (Lipinski definition) is 3. The molecule has 0 aliphatic heterocycles. The number of aliphatic hydroxyl groups is 1. The third-order valence-corrected chi connectivity index (χ3v) is 4.50. The van der Waals surface area contributed by atoms with Crippen molar-refractivity contribution in [1.29, 1.82) is 0 Å². The minimum atomic E-state index is -0.739. The van der Waals surface area contributed by atoms with Crippen molar-refractivity contribution >= 4 is 5.97 Å². The summed E-state index contributed by atoms with van der Waals surface area (Å²) < 4.78 is 4.87. The Kier molecular flexibility index (Phi) is 2.82. The molecule has 0 heterocycles. The van der Waals surface area contributed by atoms with Crippen molar-refractivity contribution < 1.29 is 14.6 Å². The molecule has 16 heavy (non-hydrogen) atoms. The van der Waals surface area contributed by atoms with Gasteiger partial charge in [-0.1, -0.05) is 12.2 Å². The maximum atomic E-state index is 11.8. The number of rotatable bonds is 1. The fourth-order valence-corrected chi connectivity index (χ4v) is 3.50. The molecule has 3 nitrogen and oxygen atoms in total. The number of carbonyl (C=O) groups excluding carboxylic acids is 1. The molecule has 1 fully saturated rings. The Labute approximate surface area is 96.5 Å². The average molecular weight is 224 g/mol. The maximum absolute atomic E-state index is 11.8. The molecule has 1 N–H and O–H groups in total. The average Bonchev–Trinajstić information content (AvgIpc) is 2.55. The molecule has 1 saturated carbocycles.